The summed E-state index contributed by atoms with van der Waals surface area (Å²) in [6.45, 7) is 0. The molecule has 98 valence electrons. The Morgan fingerprint density at radius 2 is 2.00 bits per heavy atom. The van der Waals surface area contributed by atoms with Crippen LogP contribution in [0.2, 0.25) is 0 Å². The van der Waals surface area contributed by atoms with Crippen molar-refractivity contribution in [1.82, 2.24) is 0 Å². The van der Waals surface area contributed by atoms with Crippen molar-refractivity contribution in [1.29, 1.82) is 0 Å². The van der Waals surface area contributed by atoms with Crippen LogP contribution in [0.1, 0.15) is 15.2 Å². The molecule has 19 heavy (non-hydrogen) atoms. The molecule has 0 aliphatic heterocycles. The van der Waals surface area contributed by atoms with Crippen molar-refractivity contribution in [3.05, 3.63) is 52.2 Å². The molecule has 5 heteroatoms. The van der Waals surface area contributed by atoms with Crippen LogP contribution >= 0.6 is 11.3 Å². The fourth-order valence-electron chi connectivity index (χ4n) is 1.65. The smallest absolute Gasteiger partial charge is 0.339 e. The highest BCUT2D eigenvalue weighted by Crippen LogP contribution is 2.17. The summed E-state index contributed by atoms with van der Waals surface area (Å²) in [5.41, 5.74) is 0.820. The zero-order valence-electron chi connectivity index (χ0n) is 10.4. The molecule has 0 atom stereocenters. The molecule has 4 nitrogen and oxygen atoms in total. The van der Waals surface area contributed by atoms with E-state index in [1.807, 2.05) is 17.5 Å². The molecule has 1 N–H and O–H groups in total. The van der Waals surface area contributed by atoms with Gasteiger partial charge in [0.05, 0.1) is 24.8 Å². The molecule has 0 saturated heterocycles. The van der Waals surface area contributed by atoms with E-state index >= 15 is 0 Å². The van der Waals surface area contributed by atoms with Crippen LogP contribution in [0.5, 0.6) is 0 Å². The van der Waals surface area contributed by atoms with Crippen LogP contribution < -0.4 is 5.32 Å². The van der Waals surface area contributed by atoms with Crippen LogP contribution in [-0.2, 0) is 16.0 Å². The highest BCUT2D eigenvalue weighted by Gasteiger charge is 2.13. The van der Waals surface area contributed by atoms with Gasteiger partial charge in [-0.15, -0.1) is 11.3 Å². The SMILES string of the molecule is COC(=O)c1ccccc1NC(=O)Cc1cccs1. The summed E-state index contributed by atoms with van der Waals surface area (Å²) in [5.74, 6) is -0.620. The number of esters is 1. The molecule has 0 spiro atoms. The maximum absolute atomic E-state index is 11.9. The standard InChI is InChI=1S/C14H13NO3S/c1-18-14(17)11-6-2-3-7-12(11)15-13(16)9-10-5-4-8-19-10/h2-8H,9H2,1H3,(H,15,16). The number of nitrogens with one attached hydrogen (secondary N) is 1. The van der Waals surface area contributed by atoms with E-state index in [1.54, 1.807) is 24.3 Å². The number of methoxy groups -OCH3 is 1. The van der Waals surface area contributed by atoms with Crippen molar-refractivity contribution < 1.29 is 14.3 Å². The minimum atomic E-state index is -0.466. The van der Waals surface area contributed by atoms with Gasteiger partial charge in [0.15, 0.2) is 0 Å². The van der Waals surface area contributed by atoms with E-state index in [4.69, 9.17) is 0 Å². The molecule has 0 saturated carbocycles. The predicted molar refractivity (Wildman–Crippen MR) is 74.4 cm³/mol. The molecule has 0 aliphatic carbocycles. The molecular weight excluding hydrogens is 262 g/mol. The van der Waals surface area contributed by atoms with Gasteiger partial charge in [-0.05, 0) is 23.6 Å². The quantitative estimate of drug-likeness (QED) is 0.873. The van der Waals surface area contributed by atoms with Crippen LogP contribution in [0.15, 0.2) is 41.8 Å². The first-order valence-electron chi connectivity index (χ1n) is 5.70. The lowest BCUT2D eigenvalue weighted by Crippen LogP contribution is -2.16. The van der Waals surface area contributed by atoms with Crippen molar-refractivity contribution in [2.24, 2.45) is 0 Å². The van der Waals surface area contributed by atoms with E-state index in [-0.39, 0.29) is 5.91 Å². The van der Waals surface area contributed by atoms with Gasteiger partial charge in [0, 0.05) is 4.88 Å². The van der Waals surface area contributed by atoms with Gasteiger partial charge in [-0.3, -0.25) is 4.79 Å². The lowest BCUT2D eigenvalue weighted by molar-refractivity contribution is -0.115. The summed E-state index contributed by atoms with van der Waals surface area (Å²) in [5, 5.41) is 4.65. The number of carbonyl (C=O) groups is 2. The molecule has 1 amide bonds. The van der Waals surface area contributed by atoms with Crippen LogP contribution in [0.3, 0.4) is 0 Å². The Kier molecular flexibility index (Phi) is 4.30. The highest BCUT2D eigenvalue weighted by atomic mass is 32.1. The fourth-order valence-corrected chi connectivity index (χ4v) is 2.35. The van der Waals surface area contributed by atoms with Crippen LogP contribution in [0.4, 0.5) is 5.69 Å². The number of para-hydroxylation sites is 1. The predicted octanol–water partition coefficient (Wildman–Crippen LogP) is 2.72. The zero-order chi connectivity index (χ0) is 13.7. The second-order valence-electron chi connectivity index (χ2n) is 3.84. The van der Waals surface area contributed by atoms with Gasteiger partial charge in [0.25, 0.3) is 0 Å². The second-order valence-corrected chi connectivity index (χ2v) is 4.87. The Balaban J connectivity index is 2.10. The molecule has 0 unspecified atom stereocenters. The van der Waals surface area contributed by atoms with E-state index in [9.17, 15) is 9.59 Å². The topological polar surface area (TPSA) is 55.4 Å². The molecule has 2 aromatic rings. The number of thiophene rings is 1. The summed E-state index contributed by atoms with van der Waals surface area (Å²) in [4.78, 5) is 24.4. The van der Waals surface area contributed by atoms with Gasteiger partial charge in [-0.25, -0.2) is 4.79 Å². The average Bonchev–Trinajstić information content (AvgIpc) is 2.91. The molecule has 0 fully saturated rings. The molecule has 1 aromatic heterocycles. The van der Waals surface area contributed by atoms with Gasteiger partial charge >= 0.3 is 5.97 Å². The third-order valence-corrected chi connectivity index (χ3v) is 3.40. The summed E-state index contributed by atoms with van der Waals surface area (Å²) in [7, 11) is 1.31. The minimum absolute atomic E-state index is 0.154. The summed E-state index contributed by atoms with van der Waals surface area (Å²) in [6.07, 6.45) is 0.299. The zero-order valence-corrected chi connectivity index (χ0v) is 11.2. The largest absolute Gasteiger partial charge is 0.465 e. The van der Waals surface area contributed by atoms with Gasteiger partial charge in [0.1, 0.15) is 0 Å². The number of hydrogen-bond acceptors (Lipinski definition) is 4. The second kappa shape index (κ2) is 6.15. The fraction of sp³-hybridized carbons (Fsp3) is 0.143. The summed E-state index contributed by atoms with van der Waals surface area (Å²) >= 11 is 1.52. The van der Waals surface area contributed by atoms with Crippen molar-refractivity contribution in [2.45, 2.75) is 6.42 Å². The molecule has 2 rings (SSSR count). The normalized spacial score (nSPS) is 9.95. The van der Waals surface area contributed by atoms with Crippen LogP contribution in [0, 0.1) is 0 Å². The van der Waals surface area contributed by atoms with Gasteiger partial charge in [-0.2, -0.15) is 0 Å². The Bertz CT molecular complexity index is 578. The molecule has 0 bridgehead atoms. The first kappa shape index (κ1) is 13.3. The lowest BCUT2D eigenvalue weighted by atomic mass is 10.1. The Morgan fingerprint density at radius 3 is 2.68 bits per heavy atom. The van der Waals surface area contributed by atoms with Gasteiger partial charge in [-0.1, -0.05) is 18.2 Å². The number of anilines is 1. The van der Waals surface area contributed by atoms with Crippen molar-refractivity contribution in [3.8, 4) is 0 Å². The molecule has 0 aliphatic rings. The number of carbonyl (C=O) groups excluding carboxylic acids is 2. The van der Waals surface area contributed by atoms with E-state index in [0.29, 0.717) is 17.7 Å². The van der Waals surface area contributed by atoms with E-state index in [0.717, 1.165) is 4.88 Å². The minimum Gasteiger partial charge on any atom is -0.465 e. The molecular formula is C14H13NO3S. The van der Waals surface area contributed by atoms with E-state index in [2.05, 4.69) is 10.1 Å². The van der Waals surface area contributed by atoms with Gasteiger partial charge in [0.2, 0.25) is 5.91 Å². The number of rotatable bonds is 4. The monoisotopic (exact) mass is 275 g/mol. The van der Waals surface area contributed by atoms with Crippen LogP contribution in [-0.4, -0.2) is 19.0 Å². The molecule has 1 aromatic carbocycles. The van der Waals surface area contributed by atoms with E-state index in [1.165, 1.54) is 18.4 Å². The maximum atomic E-state index is 11.9. The average molecular weight is 275 g/mol. The first-order chi connectivity index (χ1) is 9.20. The Hall–Kier alpha value is -2.14. The Labute approximate surface area is 115 Å². The highest BCUT2D eigenvalue weighted by molar-refractivity contribution is 7.10. The summed E-state index contributed by atoms with van der Waals surface area (Å²) < 4.78 is 4.68. The number of benzene rings is 1. The number of hydrogen-bond donors (Lipinski definition) is 1. The summed E-state index contributed by atoms with van der Waals surface area (Å²) in [6, 6.07) is 10.6. The third kappa shape index (κ3) is 3.42. The number of amides is 1. The van der Waals surface area contributed by atoms with Crippen LogP contribution in [0.25, 0.3) is 0 Å². The third-order valence-electron chi connectivity index (χ3n) is 2.52. The van der Waals surface area contributed by atoms with Crippen molar-refractivity contribution in [3.63, 3.8) is 0 Å². The lowest BCUT2D eigenvalue weighted by Gasteiger charge is -2.08. The Morgan fingerprint density at radius 1 is 1.21 bits per heavy atom. The number of ether oxygens (including phenoxy) is 1. The van der Waals surface area contributed by atoms with Crippen molar-refractivity contribution >= 4 is 28.9 Å². The first-order valence-corrected chi connectivity index (χ1v) is 6.58. The molecule has 1 heterocycles. The van der Waals surface area contributed by atoms with E-state index < -0.39 is 5.97 Å². The van der Waals surface area contributed by atoms with Crippen molar-refractivity contribution in [2.75, 3.05) is 12.4 Å². The maximum Gasteiger partial charge on any atom is 0.339 e. The molecule has 0 radical (unpaired) electrons. The van der Waals surface area contributed by atoms with Gasteiger partial charge < -0.3 is 10.1 Å².